The first-order valence-electron chi connectivity index (χ1n) is 33.8. The molecule has 0 saturated heterocycles. The largest absolute Gasteiger partial charge is 0.491 e. The summed E-state index contributed by atoms with van der Waals surface area (Å²) in [5, 5.41) is 12.4. The molecule has 0 saturated carbocycles. The van der Waals surface area contributed by atoms with E-state index in [0.717, 1.165) is 27.0 Å². The lowest BCUT2D eigenvalue weighted by atomic mass is 9.89. The van der Waals surface area contributed by atoms with Crippen LogP contribution in [0.25, 0.3) is 16.4 Å². The fourth-order valence-electron chi connectivity index (χ4n) is 11.7. The highest BCUT2D eigenvalue weighted by atomic mass is 35.5. The molecule has 3 atom stereocenters. The lowest BCUT2D eigenvalue weighted by Gasteiger charge is -2.24. The lowest BCUT2D eigenvalue weighted by Crippen LogP contribution is -2.47. The predicted molar refractivity (Wildman–Crippen MR) is 387 cm³/mol. The molecule has 6 N–H and O–H groups in total. The number of hydrogen-bond donors (Lipinski definition) is 5. The van der Waals surface area contributed by atoms with Crippen LogP contribution < -0.4 is 46.3 Å². The number of amides is 10. The van der Waals surface area contributed by atoms with E-state index in [2.05, 4.69) is 26.3 Å². The Morgan fingerprint density at radius 3 is 2.05 bits per heavy atom. The van der Waals surface area contributed by atoms with Crippen LogP contribution in [0.3, 0.4) is 0 Å². The minimum atomic E-state index is -0.947. The summed E-state index contributed by atoms with van der Waals surface area (Å²) in [4.78, 5) is 142. The molecule has 103 heavy (non-hydrogen) atoms. The molecule has 0 radical (unpaired) electrons. The van der Waals surface area contributed by atoms with Crippen LogP contribution in [0.4, 0.5) is 37.1 Å². The van der Waals surface area contributed by atoms with Crippen LogP contribution in [0.5, 0.6) is 11.5 Å². The van der Waals surface area contributed by atoms with Crippen LogP contribution in [-0.2, 0) is 49.5 Å². The van der Waals surface area contributed by atoms with Crippen molar-refractivity contribution in [3.8, 4) is 11.5 Å². The molecule has 9 rings (SSSR count). The molecule has 544 valence electrons. The van der Waals surface area contributed by atoms with Crippen LogP contribution >= 0.6 is 11.6 Å². The van der Waals surface area contributed by atoms with Gasteiger partial charge in [-0.15, -0.1) is 11.6 Å². The van der Waals surface area contributed by atoms with Crippen LogP contribution in [0.1, 0.15) is 96.0 Å². The number of fused-ring (bicyclic) bond motifs is 4. The quantitative estimate of drug-likeness (QED) is 0.0142. The number of nitrogens with two attached hydrogens (primary N) is 1. The number of alkyl halides is 1. The van der Waals surface area contributed by atoms with E-state index in [1.165, 1.54) is 23.9 Å². The van der Waals surface area contributed by atoms with Gasteiger partial charge in [0.1, 0.15) is 42.7 Å². The van der Waals surface area contributed by atoms with Gasteiger partial charge < -0.3 is 74.5 Å². The molecule has 0 aliphatic carbocycles. The predicted octanol–water partition coefficient (Wildman–Crippen LogP) is 9.48. The molecule has 10 amide bonds. The Kier molecular flexibility index (Phi) is 26.5. The summed E-state index contributed by atoms with van der Waals surface area (Å²) in [6.07, 6.45) is 2.16. The molecule has 0 bridgehead atoms. The highest BCUT2D eigenvalue weighted by Gasteiger charge is 2.38. The number of nitrogens with zero attached hydrogens (tertiary/aromatic N) is 6. The van der Waals surface area contributed by atoms with E-state index in [4.69, 9.17) is 45.8 Å². The van der Waals surface area contributed by atoms with E-state index in [1.54, 1.807) is 128 Å². The SMILES string of the molecule is CC1=C(C)C(=O)N(c2ccc(OCCOCCOCCOCC(=O)N[C@H](C(=O)C[C@@H](CCCNC(N)=O)C(=O)Nc3ccc(COC(=O)N(C)CCN(C)C(=O)Oc4cc5c(c6c(C)cccc46)[C@H](CCl)CN5C(=O)c4cn5cc(NC(=O)c6ccc(C)cc6)ccc5n4)cc3)C(C)C)cc2)C1=O. The topological polar surface area (TPSA) is 330 Å². The van der Waals surface area contributed by atoms with Gasteiger partial charge in [0.05, 0.1) is 56.1 Å². The number of hydrogen-bond acceptors (Lipinski definition) is 17. The molecule has 0 fully saturated rings. The minimum absolute atomic E-state index is 0.0486. The van der Waals surface area contributed by atoms with Crippen molar-refractivity contribution in [1.29, 1.82) is 0 Å². The number of rotatable bonds is 34. The first kappa shape index (κ1) is 76.4. The van der Waals surface area contributed by atoms with E-state index in [9.17, 15) is 47.9 Å². The number of carbonyl (C=O) groups excluding carboxylic acids is 10. The zero-order chi connectivity index (χ0) is 74.0. The number of ether oxygens (including phenoxy) is 6. The molecule has 7 aromatic rings. The van der Waals surface area contributed by atoms with E-state index in [-0.39, 0.29) is 145 Å². The molecule has 2 aromatic heterocycles. The number of pyridine rings is 1. The molecule has 5 aromatic carbocycles. The number of benzene rings is 5. The summed E-state index contributed by atoms with van der Waals surface area (Å²) in [6.45, 7) is 12.0. The number of imide groups is 1. The second-order valence-electron chi connectivity index (χ2n) is 25.6. The number of halogens is 1. The summed E-state index contributed by atoms with van der Waals surface area (Å²) in [5.74, 6) is -3.29. The smallest absolute Gasteiger partial charge is 0.415 e. The molecular formula is C75H86ClN11O16. The zero-order valence-electron chi connectivity index (χ0n) is 58.8. The molecule has 0 unspecified atom stereocenters. The van der Waals surface area contributed by atoms with Gasteiger partial charge in [-0.05, 0) is 129 Å². The highest BCUT2D eigenvalue weighted by Crippen LogP contribution is 2.47. The summed E-state index contributed by atoms with van der Waals surface area (Å²) in [5.41, 5.74) is 12.5. The molecule has 4 heterocycles. The van der Waals surface area contributed by atoms with Gasteiger partial charge in [0.2, 0.25) is 11.8 Å². The fourth-order valence-corrected chi connectivity index (χ4v) is 12.0. The van der Waals surface area contributed by atoms with E-state index in [0.29, 0.717) is 68.2 Å². The van der Waals surface area contributed by atoms with Crippen LogP contribution in [-0.4, -0.2) is 177 Å². The Hall–Kier alpha value is -10.7. The van der Waals surface area contributed by atoms with Crippen molar-refractivity contribution in [2.45, 2.75) is 79.4 Å². The second-order valence-corrected chi connectivity index (χ2v) is 25.9. The Bertz CT molecular complexity index is 4290. The normalized spacial score (nSPS) is 14.0. The minimum Gasteiger partial charge on any atom is -0.491 e. The van der Waals surface area contributed by atoms with Crippen molar-refractivity contribution in [3.05, 3.63) is 166 Å². The molecule has 27 nitrogen and oxygen atoms in total. The number of aryl methyl sites for hydroxylation is 2. The molecule has 2 aliphatic rings. The van der Waals surface area contributed by atoms with Gasteiger partial charge in [-0.1, -0.05) is 61.9 Å². The zero-order valence-corrected chi connectivity index (χ0v) is 59.6. The van der Waals surface area contributed by atoms with Gasteiger partial charge in [0, 0.05) is 111 Å². The number of primary amides is 1. The Morgan fingerprint density at radius 2 is 1.39 bits per heavy atom. The van der Waals surface area contributed by atoms with Crippen LogP contribution in [0.15, 0.2) is 133 Å². The van der Waals surface area contributed by atoms with Crippen molar-refractivity contribution >= 4 is 110 Å². The van der Waals surface area contributed by atoms with Gasteiger partial charge in [0.25, 0.3) is 23.6 Å². The summed E-state index contributed by atoms with van der Waals surface area (Å²) < 4.78 is 35.7. The van der Waals surface area contributed by atoms with Crippen molar-refractivity contribution in [1.82, 2.24) is 29.8 Å². The average molecular weight is 1430 g/mol. The third kappa shape index (κ3) is 19.9. The number of Topliss-reactive ketones (excluding diaryl/α,β-unsaturated/α-hetero) is 1. The number of likely N-dealkylation sites (N-methyl/N-ethyl adjacent to an activating group) is 2. The number of carbonyl (C=O) groups is 10. The van der Waals surface area contributed by atoms with Crippen LogP contribution in [0, 0.1) is 25.7 Å². The number of nitrogens with one attached hydrogen (secondary N) is 4. The number of anilines is 4. The second kappa shape index (κ2) is 35.7. The van der Waals surface area contributed by atoms with Crippen molar-refractivity contribution in [2.24, 2.45) is 17.6 Å². The Morgan fingerprint density at radius 1 is 0.738 bits per heavy atom. The van der Waals surface area contributed by atoms with Gasteiger partial charge in [-0.3, -0.25) is 33.6 Å². The molecule has 28 heteroatoms. The Labute approximate surface area is 601 Å². The number of ketones is 1. The summed E-state index contributed by atoms with van der Waals surface area (Å²) >= 11 is 6.63. The van der Waals surface area contributed by atoms with E-state index >= 15 is 0 Å². The van der Waals surface area contributed by atoms with E-state index in [1.807, 2.05) is 44.2 Å². The summed E-state index contributed by atoms with van der Waals surface area (Å²) in [7, 11) is 3.06. The van der Waals surface area contributed by atoms with Gasteiger partial charge in [-0.25, -0.2) is 24.3 Å². The molecule has 0 spiro atoms. The maximum Gasteiger partial charge on any atom is 0.415 e. The molecular weight excluding hydrogens is 1350 g/mol. The van der Waals surface area contributed by atoms with Gasteiger partial charge in [0.15, 0.2) is 5.78 Å². The fraction of sp³-hybridized carbons (Fsp3) is 0.373. The standard InChI is InChI=1S/C75H86ClN11O16/c1-45(2)67(82-64(89)44-100-34-33-98-31-32-99-35-36-101-57-25-23-56(24-26-57)87-70(92)48(5)49(6)71(87)93)61(88)37-52(12-10-28-78-73(77)95)69(91)79-54-20-16-50(17-21-54)43-102-74(96)83(7)29-30-84(8)75(97)103-62-38-60-66(65-47(4)11-9-13-58(62)65)53(39-76)40-86(60)72(94)59-42-85-41-55(22-27-63(85)81-59)80-68(90)51-18-14-46(3)15-19-51/h9,11,13-27,38,41-42,45,52-53,67H,10,12,28-37,39-40,43-44H2,1-8H3,(H,79,91)(H,80,90)(H,82,89)(H3,77,78,95)/t52-,53-,67+/m1/s1. The summed E-state index contributed by atoms with van der Waals surface area (Å²) in [6, 6.07) is 29.4. The Balaban J connectivity index is 0.700. The third-order valence-corrected chi connectivity index (χ3v) is 18.0. The maximum absolute atomic E-state index is 14.5. The van der Waals surface area contributed by atoms with E-state index < -0.39 is 47.9 Å². The third-order valence-electron chi connectivity index (χ3n) is 17.7. The number of aromatic nitrogens is 2. The van der Waals surface area contributed by atoms with Crippen molar-refractivity contribution < 1.29 is 76.4 Å². The first-order chi connectivity index (χ1) is 49.4. The van der Waals surface area contributed by atoms with Crippen molar-refractivity contribution in [3.63, 3.8) is 0 Å². The van der Waals surface area contributed by atoms with Gasteiger partial charge in [-0.2, -0.15) is 0 Å². The molecule has 2 aliphatic heterocycles. The number of urea groups is 1. The average Bonchev–Trinajstić information content (AvgIpc) is 1.61. The number of imidazole rings is 1. The maximum atomic E-state index is 14.5. The van der Waals surface area contributed by atoms with Crippen LogP contribution in [0.2, 0.25) is 0 Å². The monoisotopic (exact) mass is 1430 g/mol. The lowest BCUT2D eigenvalue weighted by molar-refractivity contribution is -0.133. The van der Waals surface area contributed by atoms with Gasteiger partial charge >= 0.3 is 18.2 Å². The highest BCUT2D eigenvalue weighted by molar-refractivity contribution is 6.32. The first-order valence-corrected chi connectivity index (χ1v) is 34.3. The van der Waals surface area contributed by atoms with Crippen molar-refractivity contribution in [2.75, 3.05) is 113 Å².